The highest BCUT2D eigenvalue weighted by molar-refractivity contribution is 7.91. The molecule has 3 N–H and O–H groups in total. The molecule has 7 nitrogen and oxygen atoms in total. The van der Waals surface area contributed by atoms with Crippen molar-refractivity contribution in [3.05, 3.63) is 35.4 Å². The van der Waals surface area contributed by atoms with Gasteiger partial charge in [-0.1, -0.05) is 29.8 Å². The second kappa shape index (κ2) is 7.31. The molecule has 1 saturated heterocycles. The number of nitrogens with two attached hydrogens (primary N) is 1. The first kappa shape index (κ1) is 18.4. The minimum absolute atomic E-state index is 0.0394. The molecule has 1 fully saturated rings. The fourth-order valence-corrected chi connectivity index (χ4v) is 3.70. The summed E-state index contributed by atoms with van der Waals surface area (Å²) in [6.07, 6.45) is 0. The van der Waals surface area contributed by atoms with Gasteiger partial charge in [-0.05, 0) is 19.4 Å². The summed E-state index contributed by atoms with van der Waals surface area (Å²) in [5.41, 5.74) is 7.67. The molecule has 1 aromatic carbocycles. The van der Waals surface area contributed by atoms with Crippen LogP contribution in [0.4, 0.5) is 0 Å². The lowest BCUT2D eigenvalue weighted by Crippen LogP contribution is -2.52. The standard InChI is InChI=1S/C16H23N3O4S/c1-11-3-5-13(6-4-11)14(17)15(20)18-12(2)16(21)19-7-9-24(22,23)10-8-19/h3-6,12,14H,7-10,17H2,1-2H3,(H,18,20). The van der Waals surface area contributed by atoms with Gasteiger partial charge in [-0.15, -0.1) is 0 Å². The second-order valence-electron chi connectivity index (χ2n) is 6.10. The molecule has 0 spiro atoms. The largest absolute Gasteiger partial charge is 0.343 e. The van der Waals surface area contributed by atoms with E-state index in [1.54, 1.807) is 19.1 Å². The minimum atomic E-state index is -3.05. The predicted octanol–water partition coefficient (Wildman–Crippen LogP) is -0.243. The third-order valence-corrected chi connectivity index (χ3v) is 5.71. The van der Waals surface area contributed by atoms with Crippen molar-refractivity contribution in [1.29, 1.82) is 0 Å². The molecule has 1 aromatic rings. The number of aryl methyl sites for hydroxylation is 1. The zero-order chi connectivity index (χ0) is 17.9. The molecular weight excluding hydrogens is 330 g/mol. The van der Waals surface area contributed by atoms with Crippen LogP contribution in [0.2, 0.25) is 0 Å². The summed E-state index contributed by atoms with van der Waals surface area (Å²) in [5.74, 6) is -0.816. The molecule has 0 aromatic heterocycles. The summed E-state index contributed by atoms with van der Waals surface area (Å²) in [7, 11) is -3.05. The third kappa shape index (κ3) is 4.55. The number of rotatable bonds is 4. The average molecular weight is 353 g/mol. The van der Waals surface area contributed by atoms with E-state index >= 15 is 0 Å². The van der Waals surface area contributed by atoms with Crippen LogP contribution in [0.5, 0.6) is 0 Å². The Morgan fingerprint density at radius 2 is 1.71 bits per heavy atom. The summed E-state index contributed by atoms with van der Waals surface area (Å²) >= 11 is 0. The van der Waals surface area contributed by atoms with Crippen molar-refractivity contribution in [2.45, 2.75) is 25.9 Å². The van der Waals surface area contributed by atoms with Gasteiger partial charge < -0.3 is 16.0 Å². The molecule has 1 aliphatic heterocycles. The van der Waals surface area contributed by atoms with E-state index in [4.69, 9.17) is 5.73 Å². The minimum Gasteiger partial charge on any atom is -0.343 e. The first-order valence-electron chi connectivity index (χ1n) is 7.81. The molecule has 8 heteroatoms. The second-order valence-corrected chi connectivity index (χ2v) is 8.40. The maximum atomic E-state index is 12.3. The number of benzene rings is 1. The van der Waals surface area contributed by atoms with Crippen LogP contribution in [0.15, 0.2) is 24.3 Å². The Kier molecular flexibility index (Phi) is 5.61. The van der Waals surface area contributed by atoms with Crippen LogP contribution in [0.1, 0.15) is 24.1 Å². The van der Waals surface area contributed by atoms with E-state index in [-0.39, 0.29) is 30.5 Å². The average Bonchev–Trinajstić information content (AvgIpc) is 2.54. The van der Waals surface area contributed by atoms with Crippen LogP contribution >= 0.6 is 0 Å². The van der Waals surface area contributed by atoms with Crippen LogP contribution in [-0.4, -0.2) is 55.8 Å². The highest BCUT2D eigenvalue weighted by Crippen LogP contribution is 2.12. The normalized spacial score (nSPS) is 19.4. The molecule has 1 aliphatic rings. The lowest BCUT2D eigenvalue weighted by Gasteiger charge is -2.29. The first-order chi connectivity index (χ1) is 11.2. The number of hydrogen-bond acceptors (Lipinski definition) is 5. The van der Waals surface area contributed by atoms with E-state index in [0.29, 0.717) is 5.56 Å². The number of hydrogen-bond donors (Lipinski definition) is 2. The molecule has 0 saturated carbocycles. The van der Waals surface area contributed by atoms with E-state index in [9.17, 15) is 18.0 Å². The summed E-state index contributed by atoms with van der Waals surface area (Å²) in [6.45, 7) is 3.83. The third-order valence-electron chi connectivity index (χ3n) is 4.10. The Morgan fingerprint density at radius 3 is 2.25 bits per heavy atom. The van der Waals surface area contributed by atoms with Crippen molar-refractivity contribution >= 4 is 21.7 Å². The number of nitrogens with zero attached hydrogens (tertiary/aromatic N) is 1. The molecular formula is C16H23N3O4S. The number of sulfone groups is 1. The molecule has 1 heterocycles. The lowest BCUT2D eigenvalue weighted by atomic mass is 10.0. The maximum Gasteiger partial charge on any atom is 0.244 e. The molecule has 24 heavy (non-hydrogen) atoms. The summed E-state index contributed by atoms with van der Waals surface area (Å²) in [6, 6.07) is 5.68. The highest BCUT2D eigenvalue weighted by atomic mass is 32.2. The van der Waals surface area contributed by atoms with Crippen molar-refractivity contribution < 1.29 is 18.0 Å². The molecule has 2 atom stereocenters. The van der Waals surface area contributed by atoms with Gasteiger partial charge in [0.05, 0.1) is 11.5 Å². The Labute approximate surface area is 142 Å². The Bertz CT molecular complexity index is 701. The monoisotopic (exact) mass is 353 g/mol. The number of nitrogens with one attached hydrogen (secondary N) is 1. The zero-order valence-corrected chi connectivity index (χ0v) is 14.7. The Morgan fingerprint density at radius 1 is 1.17 bits per heavy atom. The number of carbonyl (C=O) groups excluding carboxylic acids is 2. The number of carbonyl (C=O) groups is 2. The summed E-state index contributed by atoms with van der Waals surface area (Å²) in [4.78, 5) is 26.0. The maximum absolute atomic E-state index is 12.3. The Hall–Kier alpha value is -1.93. The van der Waals surface area contributed by atoms with E-state index < -0.39 is 27.8 Å². The SMILES string of the molecule is Cc1ccc(C(N)C(=O)NC(C)C(=O)N2CCS(=O)(=O)CC2)cc1. The van der Waals surface area contributed by atoms with Crippen LogP contribution < -0.4 is 11.1 Å². The van der Waals surface area contributed by atoms with Gasteiger partial charge in [-0.25, -0.2) is 8.42 Å². The smallest absolute Gasteiger partial charge is 0.244 e. The van der Waals surface area contributed by atoms with Gasteiger partial charge in [0.2, 0.25) is 11.8 Å². The van der Waals surface area contributed by atoms with E-state index in [1.807, 2.05) is 19.1 Å². The lowest BCUT2D eigenvalue weighted by molar-refractivity contribution is -0.136. The van der Waals surface area contributed by atoms with E-state index in [0.717, 1.165) is 5.56 Å². The molecule has 132 valence electrons. The van der Waals surface area contributed by atoms with Gasteiger partial charge in [0.15, 0.2) is 9.84 Å². The molecule has 0 aliphatic carbocycles. The quantitative estimate of drug-likeness (QED) is 0.776. The van der Waals surface area contributed by atoms with Crippen LogP contribution in [0, 0.1) is 6.92 Å². The molecule has 0 radical (unpaired) electrons. The molecule has 0 bridgehead atoms. The van der Waals surface area contributed by atoms with Crippen molar-refractivity contribution in [3.8, 4) is 0 Å². The zero-order valence-electron chi connectivity index (χ0n) is 13.9. The summed E-state index contributed by atoms with van der Waals surface area (Å²) < 4.78 is 22.8. The van der Waals surface area contributed by atoms with Gasteiger partial charge >= 0.3 is 0 Å². The predicted molar refractivity (Wildman–Crippen MR) is 90.9 cm³/mol. The van der Waals surface area contributed by atoms with Crippen molar-refractivity contribution in [2.75, 3.05) is 24.6 Å². The highest BCUT2D eigenvalue weighted by Gasteiger charge is 2.29. The fourth-order valence-electron chi connectivity index (χ4n) is 2.50. The topological polar surface area (TPSA) is 110 Å². The van der Waals surface area contributed by atoms with E-state index in [1.165, 1.54) is 4.90 Å². The van der Waals surface area contributed by atoms with Crippen molar-refractivity contribution in [1.82, 2.24) is 10.2 Å². The van der Waals surface area contributed by atoms with Gasteiger partial charge in [0.1, 0.15) is 12.1 Å². The van der Waals surface area contributed by atoms with Crippen LogP contribution in [0.3, 0.4) is 0 Å². The van der Waals surface area contributed by atoms with Crippen molar-refractivity contribution in [2.24, 2.45) is 5.73 Å². The van der Waals surface area contributed by atoms with Gasteiger partial charge in [-0.3, -0.25) is 9.59 Å². The summed E-state index contributed by atoms with van der Waals surface area (Å²) in [5, 5.41) is 2.61. The Balaban J connectivity index is 1.93. The fraction of sp³-hybridized carbons (Fsp3) is 0.500. The van der Waals surface area contributed by atoms with Crippen LogP contribution in [0.25, 0.3) is 0 Å². The van der Waals surface area contributed by atoms with E-state index in [2.05, 4.69) is 5.32 Å². The van der Waals surface area contributed by atoms with Crippen LogP contribution in [-0.2, 0) is 19.4 Å². The molecule has 2 rings (SSSR count). The number of amides is 2. The molecule has 2 unspecified atom stereocenters. The van der Waals surface area contributed by atoms with Gasteiger partial charge in [0, 0.05) is 13.1 Å². The van der Waals surface area contributed by atoms with Gasteiger partial charge in [0.25, 0.3) is 0 Å². The van der Waals surface area contributed by atoms with Crippen molar-refractivity contribution in [3.63, 3.8) is 0 Å². The van der Waals surface area contributed by atoms with Gasteiger partial charge in [-0.2, -0.15) is 0 Å². The molecule has 2 amide bonds. The first-order valence-corrected chi connectivity index (χ1v) is 9.63.